The van der Waals surface area contributed by atoms with Crippen molar-refractivity contribution in [2.75, 3.05) is 4.72 Å². The number of furan rings is 1. The van der Waals surface area contributed by atoms with Gasteiger partial charge in [0.2, 0.25) is 11.7 Å². The molecule has 1 amide bonds. The molecule has 0 aliphatic carbocycles. The highest BCUT2D eigenvalue weighted by atomic mass is 32.2. The Morgan fingerprint density at radius 1 is 1.03 bits per heavy atom. The maximum atomic E-state index is 12.5. The van der Waals surface area contributed by atoms with Crippen molar-refractivity contribution >= 4 is 21.6 Å². The van der Waals surface area contributed by atoms with Crippen LogP contribution < -0.4 is 10.0 Å². The second-order valence-corrected chi connectivity index (χ2v) is 8.81. The Morgan fingerprint density at radius 2 is 1.75 bits per heavy atom. The number of nitrogens with one attached hydrogen (secondary N) is 2. The molecule has 2 aromatic heterocycles. The molecule has 0 radical (unpaired) electrons. The highest BCUT2D eigenvalue weighted by Gasteiger charge is 2.20. The van der Waals surface area contributed by atoms with E-state index in [1.807, 2.05) is 6.92 Å². The molecule has 0 aliphatic heterocycles. The summed E-state index contributed by atoms with van der Waals surface area (Å²) in [6.45, 7) is 3.60. The van der Waals surface area contributed by atoms with Crippen molar-refractivity contribution in [1.82, 2.24) is 15.5 Å². The van der Waals surface area contributed by atoms with Gasteiger partial charge in [0.1, 0.15) is 6.04 Å². The number of sulfonamides is 1. The van der Waals surface area contributed by atoms with Crippen LogP contribution in [0.2, 0.25) is 0 Å². The van der Waals surface area contributed by atoms with Gasteiger partial charge in [-0.1, -0.05) is 22.9 Å². The Morgan fingerprint density at radius 3 is 2.41 bits per heavy atom. The molecule has 32 heavy (non-hydrogen) atoms. The van der Waals surface area contributed by atoms with Crippen LogP contribution in [0, 0.1) is 6.92 Å². The van der Waals surface area contributed by atoms with E-state index < -0.39 is 22.0 Å². The molecule has 4 rings (SSSR count). The van der Waals surface area contributed by atoms with Gasteiger partial charge in [-0.15, -0.1) is 0 Å². The lowest BCUT2D eigenvalue weighted by molar-refractivity contribution is 0.0904. The van der Waals surface area contributed by atoms with Crippen LogP contribution in [0.1, 0.15) is 35.0 Å². The van der Waals surface area contributed by atoms with Gasteiger partial charge in [0.15, 0.2) is 5.76 Å². The third-order valence-corrected chi connectivity index (χ3v) is 6.03. The summed E-state index contributed by atoms with van der Waals surface area (Å²) in [7, 11) is -3.69. The second kappa shape index (κ2) is 8.67. The van der Waals surface area contributed by atoms with Gasteiger partial charge in [0.05, 0.1) is 11.2 Å². The highest BCUT2D eigenvalue weighted by Crippen LogP contribution is 2.23. The van der Waals surface area contributed by atoms with Crippen molar-refractivity contribution in [3.63, 3.8) is 0 Å². The van der Waals surface area contributed by atoms with Gasteiger partial charge in [0, 0.05) is 11.3 Å². The van der Waals surface area contributed by atoms with Gasteiger partial charge in [-0.2, -0.15) is 4.98 Å². The molecule has 2 heterocycles. The third kappa shape index (κ3) is 4.70. The van der Waals surface area contributed by atoms with E-state index in [4.69, 9.17) is 8.94 Å². The van der Waals surface area contributed by atoms with E-state index in [-0.39, 0.29) is 16.5 Å². The first-order valence-corrected chi connectivity index (χ1v) is 11.2. The first kappa shape index (κ1) is 21.3. The number of hydrogen-bond donors (Lipinski definition) is 2. The van der Waals surface area contributed by atoms with Crippen molar-refractivity contribution in [3.05, 3.63) is 84.1 Å². The Balaban J connectivity index is 1.44. The zero-order valence-electron chi connectivity index (χ0n) is 17.3. The topological polar surface area (TPSA) is 127 Å². The quantitative estimate of drug-likeness (QED) is 0.435. The zero-order valence-corrected chi connectivity index (χ0v) is 18.1. The predicted octanol–water partition coefficient (Wildman–Crippen LogP) is 3.93. The number of benzene rings is 2. The maximum absolute atomic E-state index is 12.5. The van der Waals surface area contributed by atoms with Gasteiger partial charge in [-0.3, -0.25) is 9.52 Å². The molecule has 1 atom stereocenters. The largest absolute Gasteiger partial charge is 0.459 e. The third-order valence-electron chi connectivity index (χ3n) is 4.63. The smallest absolute Gasteiger partial charge is 0.287 e. The number of carbonyl (C=O) groups is 1. The average Bonchev–Trinajstić information content (AvgIpc) is 3.47. The Labute approximate surface area is 184 Å². The fraction of sp³-hybridized carbons (Fsp3) is 0.136. The van der Waals surface area contributed by atoms with E-state index in [1.165, 1.54) is 6.26 Å². The Kier molecular flexibility index (Phi) is 5.78. The van der Waals surface area contributed by atoms with Crippen LogP contribution in [-0.2, 0) is 10.0 Å². The molecule has 0 saturated heterocycles. The fourth-order valence-electron chi connectivity index (χ4n) is 2.88. The molecule has 10 heteroatoms. The molecular weight excluding hydrogens is 432 g/mol. The minimum atomic E-state index is -3.69. The first-order chi connectivity index (χ1) is 15.3. The van der Waals surface area contributed by atoms with E-state index in [1.54, 1.807) is 67.6 Å². The van der Waals surface area contributed by atoms with Gasteiger partial charge >= 0.3 is 0 Å². The minimum absolute atomic E-state index is 0.181. The number of hydrogen-bond acceptors (Lipinski definition) is 7. The standard InChI is InChI=1S/C22H20N4O5S/c1-14-5-11-18(12-6-14)32(28,29)26-17-9-7-16(8-10-17)20-24-22(31-25-20)15(2)23-21(27)19-4-3-13-30-19/h3-13,15,26H,1-2H3,(H,23,27)/t15-/m0/s1. The number of rotatable bonds is 7. The van der Waals surface area contributed by atoms with Crippen LogP contribution in [0.15, 0.2) is 80.8 Å². The van der Waals surface area contributed by atoms with Gasteiger partial charge in [0.25, 0.3) is 15.9 Å². The summed E-state index contributed by atoms with van der Waals surface area (Å²) in [4.78, 5) is 16.6. The van der Waals surface area contributed by atoms with Crippen LogP contribution in [0.5, 0.6) is 0 Å². The van der Waals surface area contributed by atoms with Crippen LogP contribution >= 0.6 is 0 Å². The molecule has 0 fully saturated rings. The normalized spacial score (nSPS) is 12.3. The summed E-state index contributed by atoms with van der Waals surface area (Å²) < 4.78 is 37.9. The van der Waals surface area contributed by atoms with Crippen molar-refractivity contribution in [2.45, 2.75) is 24.8 Å². The van der Waals surface area contributed by atoms with Crippen LogP contribution in [0.25, 0.3) is 11.4 Å². The van der Waals surface area contributed by atoms with Crippen molar-refractivity contribution < 1.29 is 22.2 Å². The molecule has 0 aliphatic rings. The molecule has 0 bridgehead atoms. The Bertz CT molecular complexity index is 1310. The molecule has 9 nitrogen and oxygen atoms in total. The summed E-state index contributed by atoms with van der Waals surface area (Å²) in [5, 5.41) is 6.65. The second-order valence-electron chi connectivity index (χ2n) is 7.12. The van der Waals surface area contributed by atoms with Crippen molar-refractivity contribution in [1.29, 1.82) is 0 Å². The monoisotopic (exact) mass is 452 g/mol. The van der Waals surface area contributed by atoms with E-state index in [2.05, 4.69) is 20.2 Å². The number of amides is 1. The Hall–Kier alpha value is -3.92. The molecule has 4 aromatic rings. The lowest BCUT2D eigenvalue weighted by Crippen LogP contribution is -2.26. The molecule has 0 spiro atoms. The molecule has 0 unspecified atom stereocenters. The van der Waals surface area contributed by atoms with E-state index in [0.717, 1.165) is 5.56 Å². The summed E-state index contributed by atoms with van der Waals surface area (Å²) in [5.74, 6) is 0.323. The highest BCUT2D eigenvalue weighted by molar-refractivity contribution is 7.92. The van der Waals surface area contributed by atoms with E-state index in [0.29, 0.717) is 17.1 Å². The number of anilines is 1. The average molecular weight is 452 g/mol. The predicted molar refractivity (Wildman–Crippen MR) is 116 cm³/mol. The molecule has 164 valence electrons. The SMILES string of the molecule is Cc1ccc(S(=O)(=O)Nc2ccc(-c3noc([C@H](C)NC(=O)c4ccco4)n3)cc2)cc1. The lowest BCUT2D eigenvalue weighted by atomic mass is 10.2. The number of carbonyl (C=O) groups excluding carboxylic acids is 1. The lowest BCUT2D eigenvalue weighted by Gasteiger charge is -2.08. The summed E-state index contributed by atoms with van der Waals surface area (Å²) >= 11 is 0. The van der Waals surface area contributed by atoms with E-state index in [9.17, 15) is 13.2 Å². The van der Waals surface area contributed by atoms with Crippen molar-refractivity contribution in [2.24, 2.45) is 0 Å². The first-order valence-electron chi connectivity index (χ1n) is 9.70. The van der Waals surface area contributed by atoms with Gasteiger partial charge in [-0.25, -0.2) is 8.42 Å². The van der Waals surface area contributed by atoms with Gasteiger partial charge in [-0.05, 0) is 62.4 Å². The summed E-state index contributed by atoms with van der Waals surface area (Å²) in [6, 6.07) is 15.8. The number of aromatic nitrogens is 2. The van der Waals surface area contributed by atoms with Crippen LogP contribution in [-0.4, -0.2) is 24.5 Å². The molecular formula is C22H20N4O5S. The molecule has 2 N–H and O–H groups in total. The minimum Gasteiger partial charge on any atom is -0.459 e. The number of nitrogens with zero attached hydrogens (tertiary/aromatic N) is 2. The molecule has 0 saturated carbocycles. The zero-order chi connectivity index (χ0) is 22.7. The van der Waals surface area contributed by atoms with Gasteiger partial charge < -0.3 is 14.3 Å². The van der Waals surface area contributed by atoms with E-state index >= 15 is 0 Å². The summed E-state index contributed by atoms with van der Waals surface area (Å²) in [5.41, 5.74) is 2.00. The van der Waals surface area contributed by atoms with Crippen molar-refractivity contribution in [3.8, 4) is 11.4 Å². The number of aryl methyl sites for hydroxylation is 1. The summed E-state index contributed by atoms with van der Waals surface area (Å²) in [6.07, 6.45) is 1.41. The fourth-order valence-corrected chi connectivity index (χ4v) is 3.94. The maximum Gasteiger partial charge on any atom is 0.287 e. The van der Waals surface area contributed by atoms with Crippen LogP contribution in [0.4, 0.5) is 5.69 Å². The molecule has 2 aromatic carbocycles. The van der Waals surface area contributed by atoms with Crippen LogP contribution in [0.3, 0.4) is 0 Å².